The third kappa shape index (κ3) is 5.65. The van der Waals surface area contributed by atoms with Crippen LogP contribution in [0.15, 0.2) is 60.7 Å². The first-order valence-electron chi connectivity index (χ1n) is 12.7. The van der Waals surface area contributed by atoms with Crippen molar-refractivity contribution in [2.24, 2.45) is 11.6 Å². The van der Waals surface area contributed by atoms with Gasteiger partial charge in [0.2, 0.25) is 5.88 Å². The zero-order valence-electron chi connectivity index (χ0n) is 20.6. The minimum atomic E-state index is -0.509. The highest BCUT2D eigenvalue weighted by molar-refractivity contribution is 6.35. The number of fused-ring (bicyclic) bond motifs is 1. The molecule has 0 unspecified atom stereocenters. The Bertz CT molecular complexity index is 1220. The van der Waals surface area contributed by atoms with Crippen molar-refractivity contribution in [3.05, 3.63) is 82.5 Å². The number of halogens is 1. The number of rotatable bonds is 9. The number of hydrogen-bond donors (Lipinski definition) is 3. The minimum absolute atomic E-state index is 0.244. The number of benzene rings is 2. The quantitative estimate of drug-likeness (QED) is 0.218. The van der Waals surface area contributed by atoms with E-state index in [1.165, 1.54) is 29.0 Å². The molecule has 3 atom stereocenters. The van der Waals surface area contributed by atoms with Gasteiger partial charge in [-0.3, -0.25) is 0 Å². The maximum absolute atomic E-state index is 10.7. The van der Waals surface area contributed by atoms with Gasteiger partial charge in [-0.2, -0.15) is 0 Å². The predicted molar refractivity (Wildman–Crippen MR) is 142 cm³/mol. The van der Waals surface area contributed by atoms with E-state index in [2.05, 4.69) is 41.1 Å². The van der Waals surface area contributed by atoms with Crippen molar-refractivity contribution in [2.75, 3.05) is 13.2 Å². The van der Waals surface area contributed by atoms with Crippen molar-refractivity contribution in [3.63, 3.8) is 0 Å². The minimum Gasteiger partial charge on any atom is -0.479 e. The largest absolute Gasteiger partial charge is 0.479 e. The first-order chi connectivity index (χ1) is 17.4. The van der Waals surface area contributed by atoms with Gasteiger partial charge in [0.05, 0.1) is 42.1 Å². The molecule has 1 aliphatic heterocycles. The Morgan fingerprint density at radius 2 is 2.00 bits per heavy atom. The molecule has 0 amide bonds. The monoisotopic (exact) mass is 510 g/mol. The SMILES string of the molecule is CCO/C(N)=C/N(N)C[C@@H]1C[C@H](O)C[C@H](n2cc(Cc3ccc(C4CC4)cc3)c3c(Cl)cccc32)O1. The van der Waals surface area contributed by atoms with Crippen molar-refractivity contribution in [1.82, 2.24) is 9.58 Å². The maximum Gasteiger partial charge on any atom is 0.202 e. The van der Waals surface area contributed by atoms with Crippen molar-refractivity contribution in [3.8, 4) is 0 Å². The average Bonchev–Trinajstić information content (AvgIpc) is 3.61. The van der Waals surface area contributed by atoms with Crippen LogP contribution in [-0.2, 0) is 15.9 Å². The molecule has 5 rings (SSSR count). The molecule has 0 bridgehead atoms. The third-order valence-electron chi connectivity index (χ3n) is 7.00. The van der Waals surface area contributed by atoms with Gasteiger partial charge in [-0.15, -0.1) is 0 Å². The smallest absolute Gasteiger partial charge is 0.202 e. The molecule has 1 aliphatic carbocycles. The Hall–Kier alpha value is -2.71. The fourth-order valence-corrected chi connectivity index (χ4v) is 5.47. The molecule has 0 spiro atoms. The van der Waals surface area contributed by atoms with E-state index in [0.29, 0.717) is 31.0 Å². The zero-order chi connectivity index (χ0) is 25.2. The molecule has 1 saturated heterocycles. The van der Waals surface area contributed by atoms with Gasteiger partial charge < -0.3 is 29.9 Å². The Balaban J connectivity index is 1.38. The van der Waals surface area contributed by atoms with Crippen LogP contribution in [0.2, 0.25) is 5.02 Å². The third-order valence-corrected chi connectivity index (χ3v) is 7.31. The zero-order valence-corrected chi connectivity index (χ0v) is 21.4. The summed E-state index contributed by atoms with van der Waals surface area (Å²) in [6, 6.07) is 14.9. The van der Waals surface area contributed by atoms with Crippen LogP contribution >= 0.6 is 11.6 Å². The van der Waals surface area contributed by atoms with E-state index in [1.807, 2.05) is 19.1 Å². The first kappa shape index (κ1) is 25.0. The van der Waals surface area contributed by atoms with Crippen molar-refractivity contribution >= 4 is 22.5 Å². The van der Waals surface area contributed by atoms with Gasteiger partial charge in [0, 0.05) is 24.4 Å². The molecule has 2 heterocycles. The van der Waals surface area contributed by atoms with Gasteiger partial charge in [0.25, 0.3) is 0 Å². The predicted octanol–water partition coefficient (Wildman–Crippen LogP) is 4.77. The Labute approximate surface area is 217 Å². The van der Waals surface area contributed by atoms with Gasteiger partial charge in [0.15, 0.2) is 0 Å². The van der Waals surface area contributed by atoms with Crippen LogP contribution in [0.25, 0.3) is 10.9 Å². The van der Waals surface area contributed by atoms with E-state index in [4.69, 9.17) is 32.7 Å². The van der Waals surface area contributed by atoms with Gasteiger partial charge in [0.1, 0.15) is 6.23 Å². The molecule has 36 heavy (non-hydrogen) atoms. The summed E-state index contributed by atoms with van der Waals surface area (Å²) in [5, 5.41) is 13.9. The van der Waals surface area contributed by atoms with E-state index in [1.54, 1.807) is 6.20 Å². The Morgan fingerprint density at radius 1 is 1.22 bits per heavy atom. The van der Waals surface area contributed by atoms with Crippen LogP contribution in [-0.4, -0.2) is 40.0 Å². The fourth-order valence-electron chi connectivity index (χ4n) is 5.18. The maximum atomic E-state index is 10.7. The molecule has 1 aromatic heterocycles. The molecular formula is C28H35ClN4O3. The summed E-state index contributed by atoms with van der Waals surface area (Å²) in [6.07, 6.45) is 6.90. The van der Waals surface area contributed by atoms with E-state index in [9.17, 15) is 5.11 Å². The van der Waals surface area contributed by atoms with Gasteiger partial charge >= 0.3 is 0 Å². The highest BCUT2D eigenvalue weighted by Crippen LogP contribution is 2.40. The van der Waals surface area contributed by atoms with Crippen molar-refractivity contribution in [1.29, 1.82) is 0 Å². The lowest BCUT2D eigenvalue weighted by Gasteiger charge is -2.35. The molecule has 2 aromatic carbocycles. The molecule has 192 valence electrons. The summed E-state index contributed by atoms with van der Waals surface area (Å²) in [5.74, 6) is 7.10. The lowest BCUT2D eigenvalue weighted by atomic mass is 10.0. The van der Waals surface area contributed by atoms with Crippen LogP contribution in [0.3, 0.4) is 0 Å². The number of hydrogen-bond acceptors (Lipinski definition) is 6. The normalized spacial score (nSPS) is 22.7. The number of hydrazine groups is 1. The summed E-state index contributed by atoms with van der Waals surface area (Å²) >= 11 is 6.70. The molecule has 7 nitrogen and oxygen atoms in total. The van der Waals surface area contributed by atoms with Crippen LogP contribution in [0.1, 0.15) is 61.4 Å². The van der Waals surface area contributed by atoms with Crippen LogP contribution in [0.5, 0.6) is 0 Å². The highest BCUT2D eigenvalue weighted by atomic mass is 35.5. The van der Waals surface area contributed by atoms with Crippen molar-refractivity contribution < 1.29 is 14.6 Å². The number of aromatic nitrogens is 1. The first-order valence-corrected chi connectivity index (χ1v) is 13.1. The van der Waals surface area contributed by atoms with Crippen molar-refractivity contribution in [2.45, 2.75) is 63.4 Å². The van der Waals surface area contributed by atoms with Crippen LogP contribution in [0, 0.1) is 0 Å². The summed E-state index contributed by atoms with van der Waals surface area (Å²) in [7, 11) is 0. The highest BCUT2D eigenvalue weighted by Gasteiger charge is 2.31. The molecule has 1 saturated carbocycles. The second-order valence-corrected chi connectivity index (χ2v) is 10.3. The number of nitrogens with zero attached hydrogens (tertiary/aromatic N) is 2. The molecule has 2 aliphatic rings. The van der Waals surface area contributed by atoms with Gasteiger partial charge in [-0.1, -0.05) is 41.9 Å². The van der Waals surface area contributed by atoms with Crippen LogP contribution < -0.4 is 11.6 Å². The Morgan fingerprint density at radius 3 is 2.72 bits per heavy atom. The van der Waals surface area contributed by atoms with E-state index in [0.717, 1.165) is 28.8 Å². The standard InChI is InChI=1S/C28H35ClN4O3/c1-2-35-26(30)17-32(31)16-23-13-22(34)14-27(36-23)33-15-21(28-24(29)4-3-5-25(28)33)12-18-6-8-19(9-7-18)20-10-11-20/h3-9,15,17,20,22-23,27,34H,2,10-14,16,30-31H2,1H3/b26-17+/t22-,23-,27+/m0/s1. The molecular weight excluding hydrogens is 476 g/mol. The lowest BCUT2D eigenvalue weighted by Crippen LogP contribution is -2.42. The summed E-state index contributed by atoms with van der Waals surface area (Å²) < 4.78 is 13.8. The molecule has 2 fully saturated rings. The fraction of sp³-hybridized carbons (Fsp3) is 0.429. The number of nitrogens with two attached hydrogens (primary N) is 2. The molecule has 5 N–H and O–H groups in total. The summed E-state index contributed by atoms with van der Waals surface area (Å²) in [6.45, 7) is 2.70. The topological polar surface area (TPSA) is 98.9 Å². The van der Waals surface area contributed by atoms with E-state index < -0.39 is 6.10 Å². The molecule has 3 aromatic rings. The number of ether oxygens (including phenoxy) is 2. The van der Waals surface area contributed by atoms with Crippen LogP contribution in [0.4, 0.5) is 0 Å². The lowest BCUT2D eigenvalue weighted by molar-refractivity contribution is -0.132. The number of aliphatic hydroxyl groups excluding tert-OH is 1. The summed E-state index contributed by atoms with van der Waals surface area (Å²) in [5.41, 5.74) is 10.6. The average molecular weight is 511 g/mol. The second-order valence-electron chi connectivity index (χ2n) is 9.89. The van der Waals surface area contributed by atoms with E-state index in [-0.39, 0.29) is 18.2 Å². The number of aliphatic hydroxyl groups is 1. The Kier molecular flexibility index (Phi) is 7.44. The molecule has 8 heteroatoms. The second kappa shape index (κ2) is 10.7. The molecule has 0 radical (unpaired) electrons. The van der Waals surface area contributed by atoms with Gasteiger partial charge in [-0.05, 0) is 60.9 Å². The summed E-state index contributed by atoms with van der Waals surface area (Å²) in [4.78, 5) is 0. The van der Waals surface area contributed by atoms with E-state index >= 15 is 0 Å². The van der Waals surface area contributed by atoms with Gasteiger partial charge in [-0.25, -0.2) is 5.84 Å².